The van der Waals surface area contributed by atoms with Gasteiger partial charge in [-0.15, -0.1) is 0 Å². The predicted molar refractivity (Wildman–Crippen MR) is 102 cm³/mol. The lowest BCUT2D eigenvalue weighted by Crippen LogP contribution is -2.27. The standard InChI is InChI=1S/C21H22N2O3/c1-13(2)14-5-9-16(10-6-14)22-19-18(20(24)23(3)21(19)25)15-7-11-17(26-4)12-8-15/h5-13,22H,1-4H3. The van der Waals surface area contributed by atoms with E-state index >= 15 is 0 Å². The number of anilines is 1. The van der Waals surface area contributed by atoms with Crippen LogP contribution < -0.4 is 10.1 Å². The van der Waals surface area contributed by atoms with Gasteiger partial charge in [-0.2, -0.15) is 0 Å². The molecular formula is C21H22N2O3. The molecule has 5 heteroatoms. The molecule has 0 aromatic heterocycles. The molecule has 0 unspecified atom stereocenters. The van der Waals surface area contributed by atoms with E-state index in [1.165, 1.54) is 12.6 Å². The molecule has 0 saturated heterocycles. The predicted octanol–water partition coefficient (Wildman–Crippen LogP) is 3.64. The SMILES string of the molecule is COc1ccc(C2=C(Nc3ccc(C(C)C)cc3)C(=O)N(C)C2=O)cc1. The number of benzene rings is 2. The van der Waals surface area contributed by atoms with Gasteiger partial charge in [0.15, 0.2) is 0 Å². The van der Waals surface area contributed by atoms with Crippen LogP contribution in [0.4, 0.5) is 5.69 Å². The molecule has 26 heavy (non-hydrogen) atoms. The molecule has 134 valence electrons. The fourth-order valence-corrected chi connectivity index (χ4v) is 2.88. The summed E-state index contributed by atoms with van der Waals surface area (Å²) in [6, 6.07) is 15.0. The molecule has 2 amide bonds. The maximum absolute atomic E-state index is 12.6. The number of carbonyl (C=O) groups excluding carboxylic acids is 2. The molecule has 1 aliphatic rings. The fraction of sp³-hybridized carbons (Fsp3) is 0.238. The molecule has 0 atom stereocenters. The molecule has 5 nitrogen and oxygen atoms in total. The third-order valence-electron chi connectivity index (χ3n) is 4.51. The van der Waals surface area contributed by atoms with Gasteiger partial charge < -0.3 is 10.1 Å². The van der Waals surface area contributed by atoms with Gasteiger partial charge in [-0.3, -0.25) is 14.5 Å². The van der Waals surface area contributed by atoms with Crippen molar-refractivity contribution in [3.8, 4) is 5.75 Å². The number of methoxy groups -OCH3 is 1. The lowest BCUT2D eigenvalue weighted by Gasteiger charge is -2.11. The highest BCUT2D eigenvalue weighted by Gasteiger charge is 2.36. The largest absolute Gasteiger partial charge is 0.497 e. The molecule has 1 heterocycles. The van der Waals surface area contributed by atoms with Gasteiger partial charge in [-0.1, -0.05) is 38.1 Å². The van der Waals surface area contributed by atoms with E-state index in [0.717, 1.165) is 10.6 Å². The number of rotatable bonds is 5. The zero-order valence-corrected chi connectivity index (χ0v) is 15.4. The summed E-state index contributed by atoms with van der Waals surface area (Å²) < 4.78 is 5.16. The van der Waals surface area contributed by atoms with Gasteiger partial charge in [0.1, 0.15) is 11.4 Å². The normalized spacial score (nSPS) is 14.4. The summed E-state index contributed by atoms with van der Waals surface area (Å²) in [5, 5.41) is 3.13. The average molecular weight is 350 g/mol. The van der Waals surface area contributed by atoms with Crippen LogP contribution in [0.1, 0.15) is 30.9 Å². The van der Waals surface area contributed by atoms with Gasteiger partial charge in [-0.25, -0.2) is 0 Å². The summed E-state index contributed by atoms with van der Waals surface area (Å²) in [5.41, 5.74) is 3.32. The van der Waals surface area contributed by atoms with Crippen LogP contribution in [0.5, 0.6) is 5.75 Å². The number of imide groups is 1. The summed E-state index contributed by atoms with van der Waals surface area (Å²) in [4.78, 5) is 26.3. The Morgan fingerprint density at radius 3 is 2.08 bits per heavy atom. The van der Waals surface area contributed by atoms with Gasteiger partial charge in [-0.05, 0) is 41.3 Å². The van der Waals surface area contributed by atoms with Crippen molar-refractivity contribution in [3.63, 3.8) is 0 Å². The van der Waals surface area contributed by atoms with E-state index in [-0.39, 0.29) is 11.8 Å². The first-order valence-corrected chi connectivity index (χ1v) is 8.50. The molecule has 0 fully saturated rings. The van der Waals surface area contributed by atoms with Crippen LogP contribution >= 0.6 is 0 Å². The molecule has 0 bridgehead atoms. The third kappa shape index (κ3) is 3.20. The van der Waals surface area contributed by atoms with Gasteiger partial charge in [0.25, 0.3) is 11.8 Å². The van der Waals surface area contributed by atoms with Gasteiger partial charge in [0, 0.05) is 12.7 Å². The number of hydrogen-bond acceptors (Lipinski definition) is 4. The Morgan fingerprint density at radius 2 is 1.54 bits per heavy atom. The Hall–Kier alpha value is -3.08. The fourth-order valence-electron chi connectivity index (χ4n) is 2.88. The zero-order chi connectivity index (χ0) is 18.8. The second-order valence-electron chi connectivity index (χ2n) is 6.55. The van der Waals surface area contributed by atoms with Crippen molar-refractivity contribution in [1.82, 2.24) is 4.90 Å². The zero-order valence-electron chi connectivity index (χ0n) is 15.4. The number of nitrogens with zero attached hydrogens (tertiary/aromatic N) is 1. The van der Waals surface area contributed by atoms with E-state index in [1.807, 2.05) is 24.3 Å². The van der Waals surface area contributed by atoms with Crippen molar-refractivity contribution >= 4 is 23.1 Å². The second-order valence-corrected chi connectivity index (χ2v) is 6.55. The Kier molecular flexibility index (Phi) is 4.80. The highest BCUT2D eigenvalue weighted by molar-refractivity contribution is 6.36. The van der Waals surface area contributed by atoms with E-state index in [1.54, 1.807) is 31.4 Å². The third-order valence-corrected chi connectivity index (χ3v) is 4.51. The molecule has 0 radical (unpaired) electrons. The van der Waals surface area contributed by atoms with Crippen molar-refractivity contribution in [1.29, 1.82) is 0 Å². The summed E-state index contributed by atoms with van der Waals surface area (Å²) >= 11 is 0. The van der Waals surface area contributed by atoms with Gasteiger partial charge in [0.05, 0.1) is 12.7 Å². The Labute approximate surface area is 153 Å². The van der Waals surface area contributed by atoms with Crippen molar-refractivity contribution in [2.75, 3.05) is 19.5 Å². The first kappa shape index (κ1) is 17.7. The highest BCUT2D eigenvalue weighted by Crippen LogP contribution is 2.30. The number of hydrogen-bond donors (Lipinski definition) is 1. The number of amides is 2. The first-order chi connectivity index (χ1) is 12.4. The average Bonchev–Trinajstić information content (AvgIpc) is 2.86. The van der Waals surface area contributed by atoms with E-state index in [9.17, 15) is 9.59 Å². The monoisotopic (exact) mass is 350 g/mol. The number of likely N-dealkylation sites (N-methyl/N-ethyl adjacent to an activating group) is 1. The van der Waals surface area contributed by atoms with E-state index in [2.05, 4.69) is 19.2 Å². The second kappa shape index (κ2) is 7.04. The topological polar surface area (TPSA) is 58.6 Å². The molecular weight excluding hydrogens is 328 g/mol. The lowest BCUT2D eigenvalue weighted by atomic mass is 10.0. The van der Waals surface area contributed by atoms with Crippen LogP contribution in [0.3, 0.4) is 0 Å². The smallest absolute Gasteiger partial charge is 0.277 e. The Bertz CT molecular complexity index is 865. The van der Waals surface area contributed by atoms with Crippen molar-refractivity contribution in [3.05, 3.63) is 65.4 Å². The van der Waals surface area contributed by atoms with E-state index in [4.69, 9.17) is 4.74 Å². The lowest BCUT2D eigenvalue weighted by molar-refractivity contribution is -0.135. The van der Waals surface area contributed by atoms with Crippen molar-refractivity contribution < 1.29 is 14.3 Å². The van der Waals surface area contributed by atoms with Crippen LogP contribution in [0, 0.1) is 0 Å². The molecule has 1 N–H and O–H groups in total. The maximum atomic E-state index is 12.6. The Morgan fingerprint density at radius 1 is 0.923 bits per heavy atom. The maximum Gasteiger partial charge on any atom is 0.277 e. The molecule has 0 saturated carbocycles. The van der Waals surface area contributed by atoms with Crippen LogP contribution in [0.2, 0.25) is 0 Å². The quantitative estimate of drug-likeness (QED) is 0.837. The molecule has 0 spiro atoms. The minimum Gasteiger partial charge on any atom is -0.497 e. The van der Waals surface area contributed by atoms with Crippen LogP contribution in [-0.4, -0.2) is 30.9 Å². The van der Waals surface area contributed by atoms with Crippen LogP contribution in [0.25, 0.3) is 5.57 Å². The van der Waals surface area contributed by atoms with Crippen LogP contribution in [0.15, 0.2) is 54.2 Å². The van der Waals surface area contributed by atoms with Crippen LogP contribution in [-0.2, 0) is 9.59 Å². The van der Waals surface area contributed by atoms with Crippen molar-refractivity contribution in [2.24, 2.45) is 0 Å². The highest BCUT2D eigenvalue weighted by atomic mass is 16.5. The summed E-state index contributed by atoms with van der Waals surface area (Å²) in [6.07, 6.45) is 0. The summed E-state index contributed by atoms with van der Waals surface area (Å²) in [7, 11) is 3.07. The molecule has 2 aromatic carbocycles. The van der Waals surface area contributed by atoms with E-state index in [0.29, 0.717) is 28.5 Å². The number of carbonyl (C=O) groups is 2. The first-order valence-electron chi connectivity index (χ1n) is 8.50. The minimum absolute atomic E-state index is 0.292. The Balaban J connectivity index is 1.99. The van der Waals surface area contributed by atoms with E-state index < -0.39 is 0 Å². The van der Waals surface area contributed by atoms with Gasteiger partial charge >= 0.3 is 0 Å². The molecule has 0 aliphatic carbocycles. The van der Waals surface area contributed by atoms with Gasteiger partial charge in [0.2, 0.25) is 0 Å². The molecule has 3 rings (SSSR count). The molecule has 1 aliphatic heterocycles. The molecule has 2 aromatic rings. The summed E-state index contributed by atoms with van der Waals surface area (Å²) in [6.45, 7) is 4.25. The summed E-state index contributed by atoms with van der Waals surface area (Å²) in [5.74, 6) is 0.465. The minimum atomic E-state index is -0.339. The van der Waals surface area contributed by atoms with Crippen molar-refractivity contribution in [2.45, 2.75) is 19.8 Å². The number of nitrogens with one attached hydrogen (secondary N) is 1. The number of ether oxygens (including phenoxy) is 1.